The first-order chi connectivity index (χ1) is 6.66. The minimum absolute atomic E-state index is 0.167. The van der Waals surface area contributed by atoms with Gasteiger partial charge in [0.15, 0.2) is 0 Å². The van der Waals surface area contributed by atoms with Crippen molar-refractivity contribution in [3.63, 3.8) is 0 Å². The molecule has 0 aromatic heterocycles. The average molecular weight is 200 g/mol. The first-order valence-corrected chi connectivity index (χ1v) is 4.58. The van der Waals surface area contributed by atoms with Crippen molar-refractivity contribution in [3.8, 4) is 0 Å². The molecule has 0 saturated heterocycles. The highest BCUT2D eigenvalue weighted by molar-refractivity contribution is 5.13. The van der Waals surface area contributed by atoms with E-state index in [1.165, 1.54) is 5.56 Å². The third-order valence-corrected chi connectivity index (χ3v) is 1.25. The van der Waals surface area contributed by atoms with Crippen molar-refractivity contribution in [3.05, 3.63) is 35.9 Å². The van der Waals surface area contributed by atoms with Crippen LogP contribution in [0.4, 0.5) is 0 Å². The van der Waals surface area contributed by atoms with Crippen LogP contribution < -0.4 is 0 Å². The van der Waals surface area contributed by atoms with Crippen LogP contribution in [0.3, 0.4) is 0 Å². The monoisotopic (exact) mass is 200 g/mol. The van der Waals surface area contributed by atoms with Gasteiger partial charge in [-0.15, -0.1) is 0 Å². The molecule has 82 valence electrons. The van der Waals surface area contributed by atoms with E-state index in [-0.39, 0.29) is 6.10 Å². The lowest BCUT2D eigenvalue weighted by Gasteiger charge is -1.89. The zero-order chi connectivity index (χ0) is 11.4. The van der Waals surface area contributed by atoms with Crippen molar-refractivity contribution in [2.75, 3.05) is 0 Å². The molecule has 0 amide bonds. The van der Waals surface area contributed by atoms with Crippen molar-refractivity contribution in [1.29, 1.82) is 0 Å². The van der Waals surface area contributed by atoms with Crippen molar-refractivity contribution < 1.29 is 15.6 Å². The third kappa shape index (κ3) is 13.7. The summed E-state index contributed by atoms with van der Waals surface area (Å²) in [4.78, 5) is 0. The van der Waals surface area contributed by atoms with Gasteiger partial charge in [-0.05, 0) is 25.8 Å². The van der Waals surface area contributed by atoms with Gasteiger partial charge >= 0.3 is 0 Å². The Kier molecular flexibility index (Phi) is 13.5. The van der Waals surface area contributed by atoms with E-state index in [1.54, 1.807) is 13.8 Å². The summed E-state index contributed by atoms with van der Waals surface area (Å²) < 4.78 is 0. The highest BCUT2D eigenvalue weighted by Crippen LogP contribution is 1.96. The summed E-state index contributed by atoms with van der Waals surface area (Å²) in [5, 5.41) is 20.1. The van der Waals surface area contributed by atoms with Gasteiger partial charge in [0.05, 0.1) is 0 Å². The standard InChI is InChI=1S/C8H10.C3H8O.H2O2/c1-2-8-6-4-3-5-7-8;1-3(2)4;1-2/h3-7H,2H2,1H3;3-4H,1-2H3;1-2H. The summed E-state index contributed by atoms with van der Waals surface area (Å²) in [6.45, 7) is 5.61. The SMILES string of the molecule is CC(C)O.CCc1ccccc1.OO. The molecular weight excluding hydrogens is 180 g/mol. The number of aliphatic hydroxyl groups excluding tert-OH is 1. The van der Waals surface area contributed by atoms with Gasteiger partial charge in [0.2, 0.25) is 0 Å². The Hall–Kier alpha value is -0.900. The third-order valence-electron chi connectivity index (χ3n) is 1.25. The van der Waals surface area contributed by atoms with Crippen molar-refractivity contribution in [1.82, 2.24) is 0 Å². The second-order valence-electron chi connectivity index (χ2n) is 2.93. The van der Waals surface area contributed by atoms with Gasteiger partial charge in [-0.1, -0.05) is 37.3 Å². The fourth-order valence-corrected chi connectivity index (χ4v) is 0.714. The summed E-state index contributed by atoms with van der Waals surface area (Å²) in [5.74, 6) is 0. The molecule has 0 aliphatic carbocycles. The van der Waals surface area contributed by atoms with Crippen LogP contribution in [0.2, 0.25) is 0 Å². The highest BCUT2D eigenvalue weighted by Gasteiger charge is 1.79. The topological polar surface area (TPSA) is 60.7 Å². The lowest BCUT2D eigenvalue weighted by atomic mass is 10.2. The Balaban J connectivity index is 0. The first kappa shape index (κ1) is 15.6. The Bertz CT molecular complexity index is 182. The van der Waals surface area contributed by atoms with Gasteiger partial charge < -0.3 is 5.11 Å². The Morgan fingerprint density at radius 2 is 1.43 bits per heavy atom. The largest absolute Gasteiger partial charge is 0.394 e. The van der Waals surface area contributed by atoms with E-state index in [1.807, 2.05) is 6.07 Å². The van der Waals surface area contributed by atoms with Crippen LogP contribution in [0, 0.1) is 0 Å². The fourth-order valence-electron chi connectivity index (χ4n) is 0.714. The molecule has 0 heterocycles. The second kappa shape index (κ2) is 12.1. The molecule has 0 unspecified atom stereocenters. The summed E-state index contributed by atoms with van der Waals surface area (Å²) in [7, 11) is 0. The van der Waals surface area contributed by atoms with Gasteiger partial charge in [-0.3, -0.25) is 10.5 Å². The van der Waals surface area contributed by atoms with E-state index in [0.29, 0.717) is 0 Å². The quantitative estimate of drug-likeness (QED) is 0.482. The van der Waals surface area contributed by atoms with Gasteiger partial charge in [0, 0.05) is 6.10 Å². The van der Waals surface area contributed by atoms with Crippen LogP contribution >= 0.6 is 0 Å². The maximum atomic E-state index is 8.06. The molecule has 0 bridgehead atoms. The number of aliphatic hydroxyl groups is 1. The van der Waals surface area contributed by atoms with E-state index in [0.717, 1.165) is 6.42 Å². The molecular formula is C11H20O3. The van der Waals surface area contributed by atoms with Crippen LogP contribution in [-0.4, -0.2) is 21.7 Å². The van der Waals surface area contributed by atoms with Gasteiger partial charge in [-0.25, -0.2) is 0 Å². The van der Waals surface area contributed by atoms with E-state index in [4.69, 9.17) is 15.6 Å². The van der Waals surface area contributed by atoms with Crippen LogP contribution in [0.5, 0.6) is 0 Å². The average Bonchev–Trinajstić information content (AvgIpc) is 2.21. The predicted molar refractivity (Wildman–Crippen MR) is 58.4 cm³/mol. The van der Waals surface area contributed by atoms with Crippen molar-refractivity contribution in [2.24, 2.45) is 0 Å². The van der Waals surface area contributed by atoms with Crippen LogP contribution in [0.15, 0.2) is 30.3 Å². The lowest BCUT2D eigenvalue weighted by molar-refractivity contribution is -0.176. The molecule has 0 atom stereocenters. The summed E-state index contributed by atoms with van der Waals surface area (Å²) in [6.07, 6.45) is 0.973. The van der Waals surface area contributed by atoms with Gasteiger partial charge in [0.25, 0.3) is 0 Å². The zero-order valence-electron chi connectivity index (χ0n) is 9.01. The van der Waals surface area contributed by atoms with Crippen LogP contribution in [0.1, 0.15) is 26.3 Å². The van der Waals surface area contributed by atoms with E-state index >= 15 is 0 Å². The van der Waals surface area contributed by atoms with Gasteiger partial charge in [-0.2, -0.15) is 0 Å². The van der Waals surface area contributed by atoms with Crippen molar-refractivity contribution >= 4 is 0 Å². The second-order valence-corrected chi connectivity index (χ2v) is 2.93. The molecule has 0 saturated carbocycles. The van der Waals surface area contributed by atoms with Gasteiger partial charge in [0.1, 0.15) is 0 Å². The van der Waals surface area contributed by atoms with E-state index in [2.05, 4.69) is 31.2 Å². The molecule has 3 nitrogen and oxygen atoms in total. The Morgan fingerprint density at radius 3 is 1.64 bits per heavy atom. The molecule has 0 radical (unpaired) electrons. The molecule has 0 spiro atoms. The predicted octanol–water partition coefficient (Wildman–Crippen LogP) is 2.65. The Morgan fingerprint density at radius 1 is 1.07 bits per heavy atom. The number of rotatable bonds is 1. The maximum Gasteiger partial charge on any atom is 0.0483 e. The number of hydrogen-bond donors (Lipinski definition) is 3. The number of aryl methyl sites for hydroxylation is 1. The van der Waals surface area contributed by atoms with Crippen LogP contribution in [0.25, 0.3) is 0 Å². The van der Waals surface area contributed by atoms with E-state index in [9.17, 15) is 0 Å². The van der Waals surface area contributed by atoms with E-state index < -0.39 is 0 Å². The first-order valence-electron chi connectivity index (χ1n) is 4.58. The molecule has 14 heavy (non-hydrogen) atoms. The minimum Gasteiger partial charge on any atom is -0.394 e. The highest BCUT2D eigenvalue weighted by atomic mass is 17.0. The van der Waals surface area contributed by atoms with Crippen LogP contribution in [-0.2, 0) is 6.42 Å². The molecule has 3 N–H and O–H groups in total. The molecule has 1 aromatic rings. The maximum absolute atomic E-state index is 8.06. The molecule has 0 fully saturated rings. The summed E-state index contributed by atoms with van der Waals surface area (Å²) >= 11 is 0. The minimum atomic E-state index is -0.167. The number of benzene rings is 1. The number of hydrogen-bond acceptors (Lipinski definition) is 3. The summed E-state index contributed by atoms with van der Waals surface area (Å²) in [5.41, 5.74) is 1.41. The van der Waals surface area contributed by atoms with Crippen molar-refractivity contribution in [2.45, 2.75) is 33.3 Å². The molecule has 1 rings (SSSR count). The smallest absolute Gasteiger partial charge is 0.0483 e. The normalized spacial score (nSPS) is 8.21. The molecule has 3 heteroatoms. The molecule has 0 aliphatic rings. The zero-order valence-corrected chi connectivity index (χ0v) is 9.01. The summed E-state index contributed by atoms with van der Waals surface area (Å²) in [6, 6.07) is 10.5. The lowest BCUT2D eigenvalue weighted by Crippen LogP contribution is -1.85. The Labute approximate surface area is 85.6 Å². The molecule has 1 aromatic carbocycles. The fraction of sp³-hybridized carbons (Fsp3) is 0.455. The molecule has 0 aliphatic heterocycles.